The molecule has 0 N–H and O–H groups in total. The van der Waals surface area contributed by atoms with Crippen LogP contribution in [0.1, 0.15) is 37.8 Å². The van der Waals surface area contributed by atoms with Crippen LogP contribution in [0, 0.1) is 23.7 Å². The molecule has 0 aromatic heterocycles. The summed E-state index contributed by atoms with van der Waals surface area (Å²) in [6.45, 7) is 6.36. The predicted octanol–water partition coefficient (Wildman–Crippen LogP) is 3.28. The van der Waals surface area contributed by atoms with Crippen LogP contribution < -0.4 is 0 Å². The lowest BCUT2D eigenvalue weighted by Crippen LogP contribution is -2.40. The first-order chi connectivity index (χ1) is 8.99. The molecule has 0 saturated carbocycles. The average Bonchev–Trinajstić information content (AvgIpc) is 2.41. The fraction of sp³-hybridized carbons (Fsp3) is 0.500. The van der Waals surface area contributed by atoms with Crippen LogP contribution >= 0.6 is 0 Å². The molecule has 0 saturated heterocycles. The van der Waals surface area contributed by atoms with Gasteiger partial charge in [-0.3, -0.25) is 4.79 Å². The highest BCUT2D eigenvalue weighted by atomic mass is 16.2. The van der Waals surface area contributed by atoms with E-state index in [9.17, 15) is 10.1 Å². The summed E-state index contributed by atoms with van der Waals surface area (Å²) < 4.78 is 0. The smallest absolute Gasteiger partial charge is 0.243 e. The van der Waals surface area contributed by atoms with Crippen LogP contribution in [0.3, 0.4) is 0 Å². The van der Waals surface area contributed by atoms with Gasteiger partial charge < -0.3 is 4.90 Å². The Kier molecular flexibility index (Phi) is 5.11. The molecule has 19 heavy (non-hydrogen) atoms. The molecule has 1 amide bonds. The third-order valence-electron chi connectivity index (χ3n) is 3.68. The number of carbonyl (C=O) groups is 1. The third-order valence-corrected chi connectivity index (χ3v) is 3.68. The minimum Gasteiger partial charge on any atom is -0.340 e. The van der Waals surface area contributed by atoms with Crippen molar-refractivity contribution in [2.75, 3.05) is 7.05 Å². The highest BCUT2D eigenvalue weighted by Crippen LogP contribution is 2.28. The molecule has 0 fully saturated rings. The zero-order valence-electron chi connectivity index (χ0n) is 12.2. The highest BCUT2D eigenvalue weighted by molar-refractivity contribution is 5.85. The Morgan fingerprint density at radius 1 is 1.37 bits per heavy atom. The van der Waals surface area contributed by atoms with Gasteiger partial charge >= 0.3 is 0 Å². The highest BCUT2D eigenvalue weighted by Gasteiger charge is 2.37. The molecule has 3 nitrogen and oxygen atoms in total. The van der Waals surface area contributed by atoms with Crippen molar-refractivity contribution in [2.24, 2.45) is 5.41 Å². The molecule has 0 aliphatic carbocycles. The van der Waals surface area contributed by atoms with Gasteiger partial charge in [0.15, 0.2) is 0 Å². The van der Waals surface area contributed by atoms with Gasteiger partial charge in [0.05, 0.1) is 6.07 Å². The van der Waals surface area contributed by atoms with Crippen LogP contribution in [0.2, 0.25) is 0 Å². The van der Waals surface area contributed by atoms with Crippen LogP contribution in [0.5, 0.6) is 0 Å². The molecule has 0 bridgehead atoms. The van der Waals surface area contributed by atoms with Crippen LogP contribution in [0.25, 0.3) is 0 Å². The van der Waals surface area contributed by atoms with Gasteiger partial charge in [-0.2, -0.15) is 5.26 Å². The van der Waals surface area contributed by atoms with E-state index in [1.54, 1.807) is 11.9 Å². The third kappa shape index (κ3) is 3.35. The van der Waals surface area contributed by atoms with Crippen molar-refractivity contribution in [3.05, 3.63) is 35.4 Å². The molecule has 3 heteroatoms. The molecule has 0 spiro atoms. The van der Waals surface area contributed by atoms with Gasteiger partial charge in [0.25, 0.3) is 0 Å². The standard InChI is InChI=1S/C16H22N2O/c1-5-16(6-2,12-17)15(19)18(4)11-14-9-7-8-13(3)10-14/h7-10H,5-6,11H2,1-4H3. The Hall–Kier alpha value is -1.82. The van der Waals surface area contributed by atoms with Crippen molar-refractivity contribution in [2.45, 2.75) is 40.2 Å². The molecular formula is C16H22N2O. The van der Waals surface area contributed by atoms with Gasteiger partial charge in [-0.15, -0.1) is 0 Å². The molecule has 0 aliphatic heterocycles. The second kappa shape index (κ2) is 6.38. The molecule has 1 rings (SSSR count). The second-order valence-corrected chi connectivity index (χ2v) is 5.05. The molecule has 102 valence electrons. The number of amides is 1. The topological polar surface area (TPSA) is 44.1 Å². The zero-order chi connectivity index (χ0) is 14.5. The first kappa shape index (κ1) is 15.2. The van der Waals surface area contributed by atoms with E-state index < -0.39 is 5.41 Å². The number of hydrogen-bond donors (Lipinski definition) is 0. The van der Waals surface area contributed by atoms with Gasteiger partial charge in [-0.1, -0.05) is 43.7 Å². The first-order valence-corrected chi connectivity index (χ1v) is 6.71. The largest absolute Gasteiger partial charge is 0.340 e. The fourth-order valence-corrected chi connectivity index (χ4v) is 2.28. The lowest BCUT2D eigenvalue weighted by molar-refractivity contribution is -0.138. The van der Waals surface area contributed by atoms with Crippen molar-refractivity contribution < 1.29 is 4.79 Å². The summed E-state index contributed by atoms with van der Waals surface area (Å²) >= 11 is 0. The number of aryl methyl sites for hydroxylation is 1. The summed E-state index contributed by atoms with van der Waals surface area (Å²) in [5, 5.41) is 9.31. The van der Waals surface area contributed by atoms with Gasteiger partial charge in [0.2, 0.25) is 5.91 Å². The first-order valence-electron chi connectivity index (χ1n) is 6.71. The molecule has 0 unspecified atom stereocenters. The molecular weight excluding hydrogens is 236 g/mol. The maximum absolute atomic E-state index is 12.5. The van der Waals surface area contributed by atoms with Crippen molar-refractivity contribution in [3.63, 3.8) is 0 Å². The number of rotatable bonds is 5. The van der Waals surface area contributed by atoms with E-state index in [-0.39, 0.29) is 5.91 Å². The van der Waals surface area contributed by atoms with Crippen LogP contribution in [0.15, 0.2) is 24.3 Å². The molecule has 1 aromatic carbocycles. The zero-order valence-corrected chi connectivity index (χ0v) is 12.2. The van der Waals surface area contributed by atoms with E-state index in [2.05, 4.69) is 12.1 Å². The van der Waals surface area contributed by atoms with Gasteiger partial charge in [-0.25, -0.2) is 0 Å². The second-order valence-electron chi connectivity index (χ2n) is 5.05. The normalized spacial score (nSPS) is 10.9. The number of hydrogen-bond acceptors (Lipinski definition) is 2. The summed E-state index contributed by atoms with van der Waals surface area (Å²) in [7, 11) is 1.77. The lowest BCUT2D eigenvalue weighted by Gasteiger charge is -2.28. The van der Waals surface area contributed by atoms with Crippen molar-refractivity contribution in [1.82, 2.24) is 4.90 Å². The Morgan fingerprint density at radius 2 is 2.00 bits per heavy atom. The van der Waals surface area contributed by atoms with Crippen LogP contribution in [-0.2, 0) is 11.3 Å². The van der Waals surface area contributed by atoms with Crippen molar-refractivity contribution in [1.29, 1.82) is 5.26 Å². The number of benzene rings is 1. The van der Waals surface area contributed by atoms with E-state index >= 15 is 0 Å². The number of nitriles is 1. The molecule has 1 aromatic rings. The Bertz CT molecular complexity index is 484. The molecule has 0 heterocycles. The SMILES string of the molecule is CCC(C#N)(CC)C(=O)N(C)Cc1cccc(C)c1. The summed E-state index contributed by atoms with van der Waals surface area (Å²) in [6.07, 6.45) is 1.11. The molecule has 0 atom stereocenters. The molecule has 0 aliphatic rings. The Labute approximate surface area is 115 Å². The Morgan fingerprint density at radius 3 is 2.47 bits per heavy atom. The number of carbonyl (C=O) groups excluding carboxylic acids is 1. The van der Waals surface area contributed by atoms with Crippen molar-refractivity contribution in [3.8, 4) is 6.07 Å². The van der Waals surface area contributed by atoms with E-state index in [0.717, 1.165) is 5.56 Å². The number of nitrogens with zero attached hydrogens (tertiary/aromatic N) is 2. The van der Waals surface area contributed by atoms with E-state index in [1.165, 1.54) is 5.56 Å². The maximum atomic E-state index is 12.5. The van der Waals surface area contributed by atoms with E-state index in [0.29, 0.717) is 19.4 Å². The quantitative estimate of drug-likeness (QED) is 0.813. The summed E-state index contributed by atoms with van der Waals surface area (Å²) in [4.78, 5) is 14.1. The fourth-order valence-electron chi connectivity index (χ4n) is 2.28. The van der Waals surface area contributed by atoms with Gasteiger partial charge in [0.1, 0.15) is 5.41 Å². The van der Waals surface area contributed by atoms with Crippen LogP contribution in [0.4, 0.5) is 0 Å². The monoisotopic (exact) mass is 258 g/mol. The van der Waals surface area contributed by atoms with Gasteiger partial charge in [-0.05, 0) is 25.3 Å². The predicted molar refractivity (Wildman–Crippen MR) is 76.3 cm³/mol. The Balaban J connectivity index is 2.86. The maximum Gasteiger partial charge on any atom is 0.243 e. The van der Waals surface area contributed by atoms with Gasteiger partial charge in [0, 0.05) is 13.6 Å². The van der Waals surface area contributed by atoms with E-state index in [4.69, 9.17) is 0 Å². The minimum absolute atomic E-state index is 0.0819. The lowest BCUT2D eigenvalue weighted by atomic mass is 9.82. The summed E-state index contributed by atoms with van der Waals surface area (Å²) in [6, 6.07) is 10.3. The summed E-state index contributed by atoms with van der Waals surface area (Å²) in [5.74, 6) is -0.0819. The van der Waals surface area contributed by atoms with Crippen LogP contribution in [-0.4, -0.2) is 17.9 Å². The summed E-state index contributed by atoms with van der Waals surface area (Å²) in [5.41, 5.74) is 1.39. The minimum atomic E-state index is -0.876. The average molecular weight is 258 g/mol. The van der Waals surface area contributed by atoms with Crippen molar-refractivity contribution >= 4 is 5.91 Å². The van der Waals surface area contributed by atoms with E-state index in [1.807, 2.05) is 39.0 Å². The molecule has 0 radical (unpaired) electrons.